The Morgan fingerprint density at radius 2 is 1.33 bits per heavy atom. The van der Waals surface area contributed by atoms with Gasteiger partial charge in [0.25, 0.3) is 0 Å². The van der Waals surface area contributed by atoms with Crippen LogP contribution in [0.1, 0.15) is 188 Å². The number of unbranched alkanes of at least 4 members (excludes halogenated alkanes) is 16. The van der Waals surface area contributed by atoms with Crippen LogP contribution >= 0.6 is 15.6 Å². The zero-order valence-electron chi connectivity index (χ0n) is 43.7. The number of aromatic nitrogens is 2. The number of aliphatic hydroxyl groups excluding tert-OH is 3. The molecule has 0 bridgehead atoms. The molecule has 0 radical (unpaired) electrons. The molecule has 0 aliphatic carbocycles. The molecule has 21 heteroatoms. The van der Waals surface area contributed by atoms with E-state index in [1.807, 2.05) is 42.5 Å². The second-order valence-corrected chi connectivity index (χ2v) is 22.1. The monoisotopic (exact) mass is 1070 g/mol. The standard InChI is InChI=1S/C52H89N3O16P2/c1-4-5-27-33-43(56)34-29-24-20-16-12-10-14-17-21-25-30-35-47(57)66-39-44(69-48(58)36-31-26-22-18-13-9-7-6-8-11-15-19-23-28-32-42(2)3)40-67-72(62,63)71-73(64,65)68-41-45-49(59)50(60)51(70-45)55-38-37-46(53)54-52(55)61/h10,12,17,20-21,24,29,34,37-38,42-45,49-51,56,59-60H,4-9,11,13-16,18-19,22-23,25-28,30-33,35-36,39-41H2,1-3H3,(H,62,63)(H,64,65)(H2,53,54,61)/b12-10-,21-17-,24-20-,34-29+/t43-,44-,45-,49-,50-,51-/m1/s1. The van der Waals surface area contributed by atoms with Crippen molar-refractivity contribution in [2.75, 3.05) is 25.6 Å². The molecule has 1 aromatic rings. The van der Waals surface area contributed by atoms with Gasteiger partial charge in [0.2, 0.25) is 0 Å². The van der Waals surface area contributed by atoms with Gasteiger partial charge in [-0.1, -0.05) is 179 Å². The summed E-state index contributed by atoms with van der Waals surface area (Å²) < 4.78 is 56.8. The predicted octanol–water partition coefficient (Wildman–Crippen LogP) is 10.2. The Morgan fingerprint density at radius 1 is 0.753 bits per heavy atom. The van der Waals surface area contributed by atoms with E-state index >= 15 is 0 Å². The van der Waals surface area contributed by atoms with Crippen LogP contribution in [0.15, 0.2) is 65.7 Å². The van der Waals surface area contributed by atoms with Crippen molar-refractivity contribution in [2.45, 2.75) is 218 Å². The summed E-state index contributed by atoms with van der Waals surface area (Å²) >= 11 is 0. The minimum Gasteiger partial charge on any atom is -0.462 e. The number of esters is 2. The summed E-state index contributed by atoms with van der Waals surface area (Å²) in [7, 11) is -10.9. The molecule has 0 aromatic carbocycles. The van der Waals surface area contributed by atoms with Crippen LogP contribution in [0.3, 0.4) is 0 Å². The smallest absolute Gasteiger partial charge is 0.462 e. The first-order valence-corrected chi connectivity index (χ1v) is 29.6. The summed E-state index contributed by atoms with van der Waals surface area (Å²) in [5.41, 5.74) is 4.58. The fourth-order valence-electron chi connectivity index (χ4n) is 7.78. The van der Waals surface area contributed by atoms with Gasteiger partial charge in [-0.25, -0.2) is 13.9 Å². The van der Waals surface area contributed by atoms with Crippen molar-refractivity contribution >= 4 is 33.4 Å². The van der Waals surface area contributed by atoms with Crippen molar-refractivity contribution in [1.82, 2.24) is 9.55 Å². The molecule has 1 aromatic heterocycles. The van der Waals surface area contributed by atoms with Gasteiger partial charge in [0.1, 0.15) is 30.7 Å². The molecule has 2 unspecified atom stereocenters. The number of rotatable bonds is 43. The number of phosphoric ester groups is 2. The van der Waals surface area contributed by atoms with Gasteiger partial charge < -0.3 is 45.1 Å². The summed E-state index contributed by atoms with van der Waals surface area (Å²) in [5, 5.41) is 30.9. The molecule has 1 aliphatic rings. The maximum atomic E-state index is 12.9. The first kappa shape index (κ1) is 65.8. The number of hydrogen-bond acceptors (Lipinski definition) is 16. The summed E-state index contributed by atoms with van der Waals surface area (Å²) in [6.07, 6.45) is 32.4. The Labute approximate surface area is 433 Å². The number of carbonyl (C=O) groups is 2. The Kier molecular flexibility index (Phi) is 35.3. The molecule has 0 amide bonds. The number of carbonyl (C=O) groups excluding carboxylic acids is 2. The third-order valence-electron chi connectivity index (χ3n) is 11.9. The number of hydrogen-bond donors (Lipinski definition) is 6. The molecule has 0 saturated carbocycles. The van der Waals surface area contributed by atoms with Crippen LogP contribution in [0.25, 0.3) is 0 Å². The van der Waals surface area contributed by atoms with E-state index in [0.717, 1.165) is 74.5 Å². The first-order valence-electron chi connectivity index (χ1n) is 26.6. The molecular weight excluding hydrogens is 985 g/mol. The van der Waals surface area contributed by atoms with Crippen LogP contribution < -0.4 is 11.4 Å². The highest BCUT2D eigenvalue weighted by atomic mass is 31.3. The number of phosphoric acid groups is 2. The lowest BCUT2D eigenvalue weighted by Gasteiger charge is -2.21. The molecule has 19 nitrogen and oxygen atoms in total. The molecule has 2 heterocycles. The summed E-state index contributed by atoms with van der Waals surface area (Å²) in [6.45, 7) is 4.30. The second-order valence-electron chi connectivity index (χ2n) is 19.1. The van der Waals surface area contributed by atoms with Gasteiger partial charge in [-0.2, -0.15) is 9.29 Å². The highest BCUT2D eigenvalue weighted by Gasteiger charge is 2.46. The van der Waals surface area contributed by atoms with E-state index in [1.165, 1.54) is 70.3 Å². The van der Waals surface area contributed by atoms with Crippen molar-refractivity contribution in [3.05, 3.63) is 71.4 Å². The van der Waals surface area contributed by atoms with Gasteiger partial charge in [-0.15, -0.1) is 0 Å². The minimum absolute atomic E-state index is 0.0306. The van der Waals surface area contributed by atoms with Gasteiger partial charge in [0.05, 0.1) is 19.3 Å². The van der Waals surface area contributed by atoms with Crippen LogP contribution in [-0.4, -0.2) is 96.9 Å². The molecule has 7 N–H and O–H groups in total. The van der Waals surface area contributed by atoms with Crippen molar-refractivity contribution < 1.29 is 71.4 Å². The van der Waals surface area contributed by atoms with Crippen LogP contribution in [0.2, 0.25) is 0 Å². The van der Waals surface area contributed by atoms with Gasteiger partial charge in [-0.05, 0) is 50.5 Å². The summed E-state index contributed by atoms with van der Waals surface area (Å²) in [6, 6.07) is 1.24. The Balaban J connectivity index is 1.82. The number of nitrogen functional groups attached to an aromatic ring is 1. The van der Waals surface area contributed by atoms with E-state index in [9.17, 15) is 48.6 Å². The Hall–Kier alpha value is -3.32. The lowest BCUT2D eigenvalue weighted by Crippen LogP contribution is -2.36. The van der Waals surface area contributed by atoms with E-state index in [4.69, 9.17) is 29.0 Å². The van der Waals surface area contributed by atoms with E-state index in [2.05, 4.69) is 30.1 Å². The maximum absolute atomic E-state index is 12.9. The molecule has 1 fully saturated rings. The van der Waals surface area contributed by atoms with Crippen molar-refractivity contribution in [1.29, 1.82) is 0 Å². The summed E-state index contributed by atoms with van der Waals surface area (Å²) in [5.74, 6) is -0.602. The lowest BCUT2D eigenvalue weighted by atomic mass is 10.0. The average molecular weight is 1070 g/mol. The first-order chi connectivity index (χ1) is 34.9. The van der Waals surface area contributed by atoms with Gasteiger partial charge >= 0.3 is 33.3 Å². The van der Waals surface area contributed by atoms with Crippen molar-refractivity contribution in [2.24, 2.45) is 5.92 Å². The zero-order chi connectivity index (χ0) is 53.7. The fraction of sp³-hybridized carbons (Fsp3) is 0.731. The number of allylic oxidation sites excluding steroid dienone is 7. The largest absolute Gasteiger partial charge is 0.481 e. The van der Waals surface area contributed by atoms with E-state index in [0.29, 0.717) is 25.7 Å². The second kappa shape index (κ2) is 39.1. The normalized spacial score (nSPS) is 19.8. The van der Waals surface area contributed by atoms with Crippen LogP contribution in [0, 0.1) is 5.92 Å². The van der Waals surface area contributed by atoms with Crippen LogP contribution in [0.4, 0.5) is 5.82 Å². The third kappa shape index (κ3) is 32.7. The highest BCUT2D eigenvalue weighted by molar-refractivity contribution is 7.61. The number of ether oxygens (including phenoxy) is 3. The number of nitrogens with zero attached hydrogens (tertiary/aromatic N) is 2. The molecule has 418 valence electrons. The zero-order valence-corrected chi connectivity index (χ0v) is 45.5. The number of nitrogens with two attached hydrogens (primary N) is 1. The average Bonchev–Trinajstić information content (AvgIpc) is 3.61. The SMILES string of the molecule is CCCCC[C@@H](O)/C=C/C=C\C/C=C\C/C=C\CCCC(=O)OC[C@H](COP(=O)(O)OP(=O)(O)OC[C@H]1O[C@@H](n2ccc(N)nc2=O)[C@H](O)[C@@H]1O)OC(=O)CCCCCCCCCCCCCCCCC(C)C. The Bertz CT molecular complexity index is 1940. The number of aliphatic hydroxyl groups is 3. The predicted molar refractivity (Wildman–Crippen MR) is 281 cm³/mol. The van der Waals surface area contributed by atoms with Gasteiger partial charge in [-0.3, -0.25) is 23.2 Å². The molecule has 0 spiro atoms. The van der Waals surface area contributed by atoms with Crippen LogP contribution in [-0.2, 0) is 46.3 Å². The molecule has 1 saturated heterocycles. The molecule has 2 rings (SSSR count). The lowest BCUT2D eigenvalue weighted by molar-refractivity contribution is -0.161. The van der Waals surface area contributed by atoms with Gasteiger partial charge in [0, 0.05) is 19.0 Å². The highest BCUT2D eigenvalue weighted by Crippen LogP contribution is 2.60. The Morgan fingerprint density at radius 3 is 1.96 bits per heavy atom. The number of anilines is 1. The molecule has 73 heavy (non-hydrogen) atoms. The minimum atomic E-state index is -5.44. The molecular formula is C52H89N3O16P2. The van der Waals surface area contributed by atoms with E-state index in [1.54, 1.807) is 6.08 Å². The fourth-order valence-corrected chi connectivity index (χ4v) is 9.89. The molecule has 1 aliphatic heterocycles. The summed E-state index contributed by atoms with van der Waals surface area (Å²) in [4.78, 5) is 62.0. The van der Waals surface area contributed by atoms with Crippen molar-refractivity contribution in [3.8, 4) is 0 Å². The van der Waals surface area contributed by atoms with E-state index in [-0.39, 0.29) is 18.7 Å². The third-order valence-corrected chi connectivity index (χ3v) is 14.6. The van der Waals surface area contributed by atoms with Gasteiger partial charge in [0.15, 0.2) is 12.3 Å². The topological polar surface area (TPSA) is 286 Å². The maximum Gasteiger partial charge on any atom is 0.481 e. The van der Waals surface area contributed by atoms with E-state index < -0.39 is 89.8 Å². The van der Waals surface area contributed by atoms with Crippen LogP contribution in [0.5, 0.6) is 0 Å². The molecule has 8 atom stereocenters. The van der Waals surface area contributed by atoms with Crippen molar-refractivity contribution in [3.63, 3.8) is 0 Å². The quantitative estimate of drug-likeness (QED) is 0.0117.